The first kappa shape index (κ1) is 17.0. The largest absolute Gasteiger partial charge is 0.478 e. The number of ether oxygens (including phenoxy) is 1. The van der Waals surface area contributed by atoms with E-state index in [1.54, 1.807) is 51.1 Å². The number of carbonyl (C=O) groups excluding carboxylic acids is 1. The average molecular weight is 334 g/mol. The molecule has 0 saturated heterocycles. The monoisotopic (exact) mass is 333 g/mol. The van der Waals surface area contributed by atoms with Crippen molar-refractivity contribution in [2.24, 2.45) is 0 Å². The van der Waals surface area contributed by atoms with Gasteiger partial charge in [0.2, 0.25) is 0 Å². The standard InChI is InChI=1S/C17H16ClNO4/c1-17(2,3)23-16(22)11-6-4-5-10(9-11)13-8-7-12(15(20)21)14(18)19-13/h4-9H,1-3H3,(H,20,21). The second-order valence-electron chi connectivity index (χ2n) is 5.92. The number of aromatic nitrogens is 1. The van der Waals surface area contributed by atoms with Gasteiger partial charge in [-0.05, 0) is 45.0 Å². The zero-order valence-electron chi connectivity index (χ0n) is 13.0. The van der Waals surface area contributed by atoms with Crippen molar-refractivity contribution >= 4 is 23.5 Å². The van der Waals surface area contributed by atoms with E-state index in [0.29, 0.717) is 16.8 Å². The van der Waals surface area contributed by atoms with E-state index in [2.05, 4.69) is 4.98 Å². The van der Waals surface area contributed by atoms with Gasteiger partial charge >= 0.3 is 11.9 Å². The average Bonchev–Trinajstić information content (AvgIpc) is 2.45. The molecular formula is C17H16ClNO4. The van der Waals surface area contributed by atoms with E-state index in [9.17, 15) is 9.59 Å². The summed E-state index contributed by atoms with van der Waals surface area (Å²) >= 11 is 5.88. The molecule has 0 saturated carbocycles. The van der Waals surface area contributed by atoms with Crippen molar-refractivity contribution in [2.45, 2.75) is 26.4 Å². The smallest absolute Gasteiger partial charge is 0.338 e. The van der Waals surface area contributed by atoms with E-state index in [0.717, 1.165) is 0 Å². The molecular weight excluding hydrogens is 318 g/mol. The quantitative estimate of drug-likeness (QED) is 0.677. The topological polar surface area (TPSA) is 76.5 Å². The first-order valence-corrected chi connectivity index (χ1v) is 7.29. The number of carboxylic acids is 1. The van der Waals surface area contributed by atoms with Gasteiger partial charge in [0.05, 0.1) is 16.8 Å². The predicted octanol–water partition coefficient (Wildman–Crippen LogP) is 4.06. The van der Waals surface area contributed by atoms with Crippen molar-refractivity contribution in [3.63, 3.8) is 0 Å². The van der Waals surface area contributed by atoms with E-state index < -0.39 is 17.5 Å². The molecule has 0 aliphatic heterocycles. The summed E-state index contributed by atoms with van der Waals surface area (Å²) in [5.74, 6) is -1.58. The number of benzene rings is 1. The molecule has 0 aliphatic carbocycles. The molecule has 1 aromatic carbocycles. The Morgan fingerprint density at radius 3 is 2.43 bits per heavy atom. The summed E-state index contributed by atoms with van der Waals surface area (Å²) in [7, 11) is 0. The van der Waals surface area contributed by atoms with Crippen LogP contribution in [0.2, 0.25) is 5.15 Å². The molecule has 0 aliphatic rings. The number of halogens is 1. The van der Waals surface area contributed by atoms with Gasteiger partial charge in [-0.3, -0.25) is 0 Å². The normalized spacial score (nSPS) is 11.1. The molecule has 2 aromatic rings. The van der Waals surface area contributed by atoms with Crippen LogP contribution >= 0.6 is 11.6 Å². The number of hydrogen-bond donors (Lipinski definition) is 1. The van der Waals surface area contributed by atoms with Crippen LogP contribution in [0.25, 0.3) is 11.3 Å². The highest BCUT2D eigenvalue weighted by atomic mass is 35.5. The van der Waals surface area contributed by atoms with Gasteiger partial charge in [0.15, 0.2) is 0 Å². The molecule has 0 spiro atoms. The molecule has 23 heavy (non-hydrogen) atoms. The molecule has 0 unspecified atom stereocenters. The first-order chi connectivity index (χ1) is 10.7. The lowest BCUT2D eigenvalue weighted by Crippen LogP contribution is -2.23. The highest BCUT2D eigenvalue weighted by molar-refractivity contribution is 6.32. The van der Waals surface area contributed by atoms with Gasteiger partial charge in [0, 0.05) is 5.56 Å². The van der Waals surface area contributed by atoms with Crippen LogP contribution in [0.15, 0.2) is 36.4 Å². The summed E-state index contributed by atoms with van der Waals surface area (Å²) in [6.07, 6.45) is 0. The number of hydrogen-bond acceptors (Lipinski definition) is 4. The van der Waals surface area contributed by atoms with Gasteiger partial charge in [0.1, 0.15) is 10.8 Å². The lowest BCUT2D eigenvalue weighted by Gasteiger charge is -2.19. The van der Waals surface area contributed by atoms with Crippen molar-refractivity contribution in [1.82, 2.24) is 4.98 Å². The lowest BCUT2D eigenvalue weighted by atomic mass is 10.1. The molecule has 1 N–H and O–H groups in total. The Hall–Kier alpha value is -2.40. The molecule has 0 amide bonds. The Balaban J connectivity index is 2.35. The number of carbonyl (C=O) groups is 2. The van der Waals surface area contributed by atoms with Crippen molar-refractivity contribution in [2.75, 3.05) is 0 Å². The lowest BCUT2D eigenvalue weighted by molar-refractivity contribution is 0.00694. The van der Waals surface area contributed by atoms with Crippen LogP contribution in [0, 0.1) is 0 Å². The van der Waals surface area contributed by atoms with E-state index in [1.807, 2.05) is 0 Å². The van der Waals surface area contributed by atoms with Crippen LogP contribution in [0.5, 0.6) is 0 Å². The van der Waals surface area contributed by atoms with E-state index in [-0.39, 0.29) is 10.7 Å². The van der Waals surface area contributed by atoms with E-state index in [1.165, 1.54) is 6.07 Å². The molecule has 6 heteroatoms. The second kappa shape index (κ2) is 6.38. The Labute approximate surface area is 138 Å². The minimum atomic E-state index is -1.14. The van der Waals surface area contributed by atoms with Crippen LogP contribution in [0.3, 0.4) is 0 Å². The van der Waals surface area contributed by atoms with Gasteiger partial charge in [-0.1, -0.05) is 23.7 Å². The summed E-state index contributed by atoms with van der Waals surface area (Å²) in [5.41, 5.74) is 0.853. The van der Waals surface area contributed by atoms with Crippen LogP contribution in [-0.2, 0) is 4.74 Å². The zero-order chi connectivity index (χ0) is 17.2. The number of pyridine rings is 1. The molecule has 0 radical (unpaired) electrons. The maximum absolute atomic E-state index is 12.1. The summed E-state index contributed by atoms with van der Waals surface area (Å²) < 4.78 is 5.33. The molecule has 0 atom stereocenters. The summed E-state index contributed by atoms with van der Waals surface area (Å²) in [4.78, 5) is 27.1. The van der Waals surface area contributed by atoms with Crippen LogP contribution in [0.1, 0.15) is 41.5 Å². The number of nitrogens with zero attached hydrogens (tertiary/aromatic N) is 1. The molecule has 120 valence electrons. The van der Waals surface area contributed by atoms with Crippen molar-refractivity contribution in [3.05, 3.63) is 52.7 Å². The van der Waals surface area contributed by atoms with Gasteiger partial charge in [-0.15, -0.1) is 0 Å². The Morgan fingerprint density at radius 2 is 1.87 bits per heavy atom. The minimum absolute atomic E-state index is 0.0706. The number of esters is 1. The predicted molar refractivity (Wildman–Crippen MR) is 86.8 cm³/mol. The van der Waals surface area contributed by atoms with Crippen LogP contribution in [-0.4, -0.2) is 27.6 Å². The Morgan fingerprint density at radius 1 is 1.17 bits per heavy atom. The molecule has 5 nitrogen and oxygen atoms in total. The van der Waals surface area contributed by atoms with Gasteiger partial charge in [-0.2, -0.15) is 0 Å². The number of rotatable bonds is 3. The maximum atomic E-state index is 12.1. The van der Waals surface area contributed by atoms with Crippen molar-refractivity contribution < 1.29 is 19.4 Å². The fraction of sp³-hybridized carbons (Fsp3) is 0.235. The second-order valence-corrected chi connectivity index (χ2v) is 6.28. The summed E-state index contributed by atoms with van der Waals surface area (Å²) in [6, 6.07) is 9.66. The molecule has 0 fully saturated rings. The fourth-order valence-corrected chi connectivity index (χ4v) is 2.13. The SMILES string of the molecule is CC(C)(C)OC(=O)c1cccc(-c2ccc(C(=O)O)c(Cl)n2)c1. The van der Waals surface area contributed by atoms with Crippen LogP contribution < -0.4 is 0 Å². The Bertz CT molecular complexity index is 765. The minimum Gasteiger partial charge on any atom is -0.478 e. The van der Waals surface area contributed by atoms with Gasteiger partial charge < -0.3 is 9.84 Å². The highest BCUT2D eigenvalue weighted by Gasteiger charge is 2.18. The summed E-state index contributed by atoms with van der Waals surface area (Å²) in [5, 5.41) is 8.87. The Kier molecular flexibility index (Phi) is 4.71. The van der Waals surface area contributed by atoms with Crippen molar-refractivity contribution in [1.29, 1.82) is 0 Å². The summed E-state index contributed by atoms with van der Waals surface area (Å²) in [6.45, 7) is 5.38. The van der Waals surface area contributed by atoms with Crippen LogP contribution in [0.4, 0.5) is 0 Å². The van der Waals surface area contributed by atoms with E-state index in [4.69, 9.17) is 21.4 Å². The number of aromatic carboxylic acids is 1. The molecule has 1 aromatic heterocycles. The number of carboxylic acid groups (broad SMARTS) is 1. The third kappa shape index (κ3) is 4.29. The highest BCUT2D eigenvalue weighted by Crippen LogP contribution is 2.23. The molecule has 2 rings (SSSR count). The van der Waals surface area contributed by atoms with E-state index >= 15 is 0 Å². The van der Waals surface area contributed by atoms with Gasteiger partial charge in [0.25, 0.3) is 0 Å². The maximum Gasteiger partial charge on any atom is 0.338 e. The van der Waals surface area contributed by atoms with Crippen molar-refractivity contribution in [3.8, 4) is 11.3 Å². The molecule has 0 bridgehead atoms. The third-order valence-electron chi connectivity index (χ3n) is 2.87. The third-order valence-corrected chi connectivity index (χ3v) is 3.16. The zero-order valence-corrected chi connectivity index (χ0v) is 13.7. The first-order valence-electron chi connectivity index (χ1n) is 6.91. The molecule has 1 heterocycles. The van der Waals surface area contributed by atoms with Gasteiger partial charge in [-0.25, -0.2) is 14.6 Å². The fourth-order valence-electron chi connectivity index (χ4n) is 1.90.